The van der Waals surface area contributed by atoms with Gasteiger partial charge >= 0.3 is 15.9 Å². The quantitative estimate of drug-likeness (QED) is 0.475. The summed E-state index contributed by atoms with van der Waals surface area (Å²) in [5.41, 5.74) is -2.37. The first-order valence-corrected chi connectivity index (χ1v) is 9.67. The van der Waals surface area contributed by atoms with Gasteiger partial charge in [-0.2, -0.15) is 0 Å². The maximum absolute atomic E-state index is 13.1. The number of pyridine rings is 1. The van der Waals surface area contributed by atoms with Gasteiger partial charge in [0.2, 0.25) is 0 Å². The molecule has 2 aromatic carbocycles. The fourth-order valence-electron chi connectivity index (χ4n) is 2.93. The van der Waals surface area contributed by atoms with E-state index in [1.165, 1.54) is 12.4 Å². The molecule has 0 atom stereocenters. The van der Waals surface area contributed by atoms with Crippen LogP contribution < -0.4 is 11.2 Å². The van der Waals surface area contributed by atoms with Gasteiger partial charge in [0.15, 0.2) is 0 Å². The first kappa shape index (κ1) is 18.2. The smallest absolute Gasteiger partial charge is 0.306 e. The van der Waals surface area contributed by atoms with E-state index in [4.69, 9.17) is 0 Å². The van der Waals surface area contributed by atoms with E-state index in [0.717, 1.165) is 0 Å². The molecule has 28 heavy (non-hydrogen) atoms. The van der Waals surface area contributed by atoms with Crippen LogP contribution in [0, 0.1) is 0 Å². The Bertz CT molecular complexity index is 1390. The molecular weight excluding hydrogens is 405 g/mol. The lowest BCUT2D eigenvalue weighted by atomic mass is 10.1. The van der Waals surface area contributed by atoms with Crippen LogP contribution in [-0.2, 0) is 0 Å². The molecule has 2 aromatic heterocycles. The first-order valence-electron chi connectivity index (χ1n) is 7.71. The van der Waals surface area contributed by atoms with Gasteiger partial charge in [-0.05, 0) is 18.2 Å². The molecule has 146 valence electrons. The highest BCUT2D eigenvalue weighted by atomic mass is 32.5. The predicted molar refractivity (Wildman–Crippen MR) is 96.9 cm³/mol. The molecule has 0 saturated carbocycles. The SMILES string of the molecule is O=c1[nH]c2ccc(S(F)(F)(F)(F)F)cc2c(=O)n1-c1cncc2ccccc12. The van der Waals surface area contributed by atoms with E-state index in [0.29, 0.717) is 21.4 Å². The van der Waals surface area contributed by atoms with Gasteiger partial charge in [0.1, 0.15) is 4.90 Å². The Morgan fingerprint density at radius 3 is 2.32 bits per heavy atom. The summed E-state index contributed by atoms with van der Waals surface area (Å²) in [6, 6.07) is 7.43. The summed E-state index contributed by atoms with van der Waals surface area (Å²) in [6.45, 7) is 0. The molecule has 4 rings (SSSR count). The summed E-state index contributed by atoms with van der Waals surface area (Å²) in [6.07, 6.45) is 2.67. The normalized spacial score (nSPS) is 14.8. The molecule has 0 fully saturated rings. The molecule has 0 spiro atoms. The molecule has 0 bridgehead atoms. The summed E-state index contributed by atoms with van der Waals surface area (Å²) in [4.78, 5) is 29.2. The van der Waals surface area contributed by atoms with Crippen LogP contribution in [0.25, 0.3) is 27.4 Å². The van der Waals surface area contributed by atoms with Gasteiger partial charge in [0.05, 0.1) is 22.8 Å². The van der Waals surface area contributed by atoms with Crippen LogP contribution in [0.15, 0.2) is 69.3 Å². The second-order valence-corrected chi connectivity index (χ2v) is 8.54. The van der Waals surface area contributed by atoms with Gasteiger partial charge in [-0.1, -0.05) is 43.7 Å². The van der Waals surface area contributed by atoms with Crippen molar-refractivity contribution in [1.82, 2.24) is 14.5 Å². The molecule has 0 unspecified atom stereocenters. The molecule has 0 aliphatic carbocycles. The number of nitrogens with zero attached hydrogens (tertiary/aromatic N) is 2. The zero-order valence-corrected chi connectivity index (χ0v) is 14.5. The van der Waals surface area contributed by atoms with Crippen molar-refractivity contribution in [3.05, 3.63) is 75.7 Å². The number of halogens is 5. The standard InChI is InChI=1S/C17H10F5N3O2S/c18-28(19,20,21,22)11-5-6-14-13(7-11)16(26)25(17(27)24-14)15-9-23-8-10-3-1-2-4-12(10)15/h1-9H,(H,24,27). The van der Waals surface area contributed by atoms with Crippen molar-refractivity contribution in [2.24, 2.45) is 0 Å². The highest BCUT2D eigenvalue weighted by Crippen LogP contribution is 3.02. The number of nitrogens with one attached hydrogen (secondary N) is 1. The van der Waals surface area contributed by atoms with Crippen molar-refractivity contribution in [3.8, 4) is 5.69 Å². The third-order valence-electron chi connectivity index (χ3n) is 4.20. The lowest BCUT2D eigenvalue weighted by Gasteiger charge is -2.40. The van der Waals surface area contributed by atoms with E-state index >= 15 is 0 Å². The van der Waals surface area contributed by atoms with Crippen LogP contribution in [0.5, 0.6) is 0 Å². The van der Waals surface area contributed by atoms with Crippen molar-refractivity contribution >= 4 is 31.9 Å². The number of hydrogen-bond donors (Lipinski definition) is 1. The molecule has 0 amide bonds. The van der Waals surface area contributed by atoms with Gasteiger partial charge in [0, 0.05) is 17.0 Å². The van der Waals surface area contributed by atoms with Gasteiger partial charge in [-0.25, -0.2) is 9.36 Å². The van der Waals surface area contributed by atoms with Crippen molar-refractivity contribution in [2.45, 2.75) is 4.90 Å². The zero-order valence-electron chi connectivity index (χ0n) is 13.7. The number of aromatic nitrogens is 3. The first-order chi connectivity index (χ1) is 12.8. The maximum Gasteiger partial charge on any atom is 0.333 e. The van der Waals surface area contributed by atoms with Gasteiger partial charge in [-0.15, -0.1) is 0 Å². The Balaban J connectivity index is 2.11. The largest absolute Gasteiger partial charge is 0.333 e. The third kappa shape index (κ3) is 2.93. The highest BCUT2D eigenvalue weighted by Gasteiger charge is 2.65. The van der Waals surface area contributed by atoms with E-state index in [1.807, 2.05) is 0 Å². The van der Waals surface area contributed by atoms with Crippen molar-refractivity contribution in [2.75, 3.05) is 0 Å². The molecule has 1 N–H and O–H groups in total. The van der Waals surface area contributed by atoms with E-state index in [1.54, 1.807) is 24.3 Å². The fraction of sp³-hybridized carbons (Fsp3) is 0. The second-order valence-electron chi connectivity index (χ2n) is 6.13. The van der Waals surface area contributed by atoms with Crippen molar-refractivity contribution < 1.29 is 19.4 Å². The summed E-state index contributed by atoms with van der Waals surface area (Å²) in [5.74, 6) is 0. The minimum absolute atomic E-state index is 0.0176. The van der Waals surface area contributed by atoms with Gasteiger partial charge < -0.3 is 4.98 Å². The molecule has 5 nitrogen and oxygen atoms in total. The lowest BCUT2D eigenvalue weighted by molar-refractivity contribution is 0.364. The summed E-state index contributed by atoms with van der Waals surface area (Å²) in [5, 5.41) is 0.318. The maximum atomic E-state index is 13.1. The highest BCUT2D eigenvalue weighted by molar-refractivity contribution is 8.45. The fourth-order valence-corrected chi connectivity index (χ4v) is 3.60. The monoisotopic (exact) mass is 415 g/mol. The average Bonchev–Trinajstić information content (AvgIpc) is 2.59. The van der Waals surface area contributed by atoms with Crippen LogP contribution in [0.2, 0.25) is 0 Å². The molecule has 0 saturated heterocycles. The molecule has 11 heteroatoms. The topological polar surface area (TPSA) is 67.8 Å². The average molecular weight is 415 g/mol. The molecule has 0 aliphatic heterocycles. The molecule has 0 radical (unpaired) electrons. The number of benzene rings is 2. The minimum atomic E-state index is -10.00. The summed E-state index contributed by atoms with van der Waals surface area (Å²) in [7, 11) is -10.00. The Hall–Kier alpha value is -3.21. The molecular formula is C17H10F5N3O2S. The van der Waals surface area contributed by atoms with Crippen molar-refractivity contribution in [1.29, 1.82) is 0 Å². The van der Waals surface area contributed by atoms with Gasteiger partial charge in [0.25, 0.3) is 5.56 Å². The predicted octanol–water partition coefficient (Wildman–Crippen LogP) is 4.88. The Kier molecular flexibility index (Phi) is 3.23. The van der Waals surface area contributed by atoms with E-state index in [9.17, 15) is 29.0 Å². The Labute approximate surface area is 152 Å². The number of rotatable bonds is 2. The number of hydrogen-bond acceptors (Lipinski definition) is 3. The summed E-state index contributed by atoms with van der Waals surface area (Å²) >= 11 is 0. The molecule has 0 aliphatic rings. The Morgan fingerprint density at radius 1 is 0.893 bits per heavy atom. The minimum Gasteiger partial charge on any atom is -0.306 e. The van der Waals surface area contributed by atoms with E-state index < -0.39 is 31.8 Å². The van der Waals surface area contributed by atoms with Crippen LogP contribution >= 0.6 is 10.2 Å². The zero-order chi connectivity index (χ0) is 20.4. The van der Waals surface area contributed by atoms with Crippen molar-refractivity contribution in [3.63, 3.8) is 0 Å². The van der Waals surface area contributed by atoms with Crippen LogP contribution in [0.4, 0.5) is 19.4 Å². The van der Waals surface area contributed by atoms with Crippen LogP contribution in [0.1, 0.15) is 0 Å². The van der Waals surface area contributed by atoms with Crippen LogP contribution in [0.3, 0.4) is 0 Å². The number of fused-ring (bicyclic) bond motifs is 2. The third-order valence-corrected chi connectivity index (χ3v) is 5.35. The van der Waals surface area contributed by atoms with Crippen LogP contribution in [-0.4, -0.2) is 14.5 Å². The lowest BCUT2D eigenvalue weighted by Crippen LogP contribution is -2.34. The molecule has 4 aromatic rings. The number of H-pyrrole nitrogens is 1. The van der Waals surface area contributed by atoms with E-state index in [2.05, 4.69) is 9.97 Å². The summed E-state index contributed by atoms with van der Waals surface area (Å²) < 4.78 is 66.2. The van der Waals surface area contributed by atoms with E-state index in [-0.39, 0.29) is 23.3 Å². The Morgan fingerprint density at radius 2 is 1.61 bits per heavy atom. The molecule has 2 heterocycles. The second kappa shape index (κ2) is 4.98. The number of aromatic amines is 1. The van der Waals surface area contributed by atoms with Gasteiger partial charge in [-0.3, -0.25) is 9.78 Å².